The lowest BCUT2D eigenvalue weighted by Gasteiger charge is -2.20. The number of imide groups is 1. The van der Waals surface area contributed by atoms with Gasteiger partial charge in [0, 0.05) is 13.1 Å². The molecule has 0 aliphatic heterocycles. The van der Waals surface area contributed by atoms with Gasteiger partial charge in [0.2, 0.25) is 5.91 Å². The Labute approximate surface area is 149 Å². The molecule has 25 heavy (non-hydrogen) atoms. The van der Waals surface area contributed by atoms with Gasteiger partial charge in [0.1, 0.15) is 0 Å². The lowest BCUT2D eigenvalue weighted by Crippen LogP contribution is -2.45. The fourth-order valence-corrected chi connectivity index (χ4v) is 2.23. The van der Waals surface area contributed by atoms with Crippen LogP contribution in [0.5, 0.6) is 11.5 Å². The number of ether oxygens (including phenoxy) is 2. The van der Waals surface area contributed by atoms with Crippen molar-refractivity contribution in [1.29, 1.82) is 0 Å². The molecular formula is C18H29N3O4. The van der Waals surface area contributed by atoms with Crippen molar-refractivity contribution in [3.63, 3.8) is 0 Å². The first kappa shape index (κ1) is 20.8. The number of carbonyl (C=O) groups excluding carboxylic acids is 2. The van der Waals surface area contributed by atoms with Gasteiger partial charge in [-0.15, -0.1) is 0 Å². The highest BCUT2D eigenvalue weighted by atomic mass is 16.5. The van der Waals surface area contributed by atoms with E-state index in [1.54, 1.807) is 14.2 Å². The fourth-order valence-electron chi connectivity index (χ4n) is 2.23. The standard InChI is InChI=1S/C18H29N3O4/c1-6-21(12-17(22)20-18(23)19-10-13(2)3)11-14-7-8-15(24-4)16(9-14)25-5/h7-9,13H,6,10-12H2,1-5H3,(H2,19,20,22,23). The Hall–Kier alpha value is -2.28. The van der Waals surface area contributed by atoms with Gasteiger partial charge in [-0.05, 0) is 30.2 Å². The van der Waals surface area contributed by atoms with E-state index in [1.807, 2.05) is 43.9 Å². The third kappa shape index (κ3) is 7.43. The molecule has 0 heterocycles. The van der Waals surface area contributed by atoms with Crippen molar-refractivity contribution in [2.24, 2.45) is 5.92 Å². The molecule has 140 valence electrons. The van der Waals surface area contributed by atoms with Crippen LogP contribution in [0.4, 0.5) is 4.79 Å². The number of nitrogens with zero attached hydrogens (tertiary/aromatic N) is 1. The molecule has 1 aromatic carbocycles. The quantitative estimate of drug-likeness (QED) is 0.711. The van der Waals surface area contributed by atoms with Crippen LogP contribution in [-0.4, -0.2) is 50.7 Å². The average Bonchev–Trinajstić information content (AvgIpc) is 2.59. The molecule has 0 aromatic heterocycles. The van der Waals surface area contributed by atoms with Crippen molar-refractivity contribution in [3.05, 3.63) is 23.8 Å². The van der Waals surface area contributed by atoms with Gasteiger partial charge in [0.25, 0.3) is 0 Å². The molecular weight excluding hydrogens is 322 g/mol. The summed E-state index contributed by atoms with van der Waals surface area (Å²) >= 11 is 0. The van der Waals surface area contributed by atoms with Crippen LogP contribution in [-0.2, 0) is 11.3 Å². The number of likely N-dealkylation sites (N-methyl/N-ethyl adjacent to an activating group) is 1. The van der Waals surface area contributed by atoms with Crippen LogP contribution < -0.4 is 20.1 Å². The van der Waals surface area contributed by atoms with E-state index >= 15 is 0 Å². The highest BCUT2D eigenvalue weighted by Gasteiger charge is 2.14. The summed E-state index contributed by atoms with van der Waals surface area (Å²) in [5, 5.41) is 5.01. The molecule has 0 aliphatic rings. The first-order valence-electron chi connectivity index (χ1n) is 8.40. The van der Waals surface area contributed by atoms with Gasteiger partial charge in [-0.1, -0.05) is 26.8 Å². The number of benzene rings is 1. The molecule has 0 radical (unpaired) electrons. The van der Waals surface area contributed by atoms with Crippen LogP contribution in [0.15, 0.2) is 18.2 Å². The molecule has 1 aromatic rings. The van der Waals surface area contributed by atoms with E-state index < -0.39 is 6.03 Å². The molecule has 0 saturated carbocycles. The predicted octanol–water partition coefficient (Wildman–Crippen LogP) is 2.01. The number of methoxy groups -OCH3 is 2. The molecule has 7 nitrogen and oxygen atoms in total. The summed E-state index contributed by atoms with van der Waals surface area (Å²) in [5.41, 5.74) is 0.997. The Kier molecular flexibility index (Phi) is 8.77. The second-order valence-electron chi connectivity index (χ2n) is 6.14. The number of hydrogen-bond donors (Lipinski definition) is 2. The van der Waals surface area contributed by atoms with Crippen molar-refractivity contribution < 1.29 is 19.1 Å². The van der Waals surface area contributed by atoms with Crippen LogP contribution in [0.25, 0.3) is 0 Å². The summed E-state index contributed by atoms with van der Waals surface area (Å²) in [7, 11) is 3.17. The van der Waals surface area contributed by atoms with Crippen molar-refractivity contribution >= 4 is 11.9 Å². The Morgan fingerprint density at radius 3 is 2.40 bits per heavy atom. The predicted molar refractivity (Wildman–Crippen MR) is 96.9 cm³/mol. The van der Waals surface area contributed by atoms with Crippen LogP contribution in [0.3, 0.4) is 0 Å². The largest absolute Gasteiger partial charge is 0.493 e. The smallest absolute Gasteiger partial charge is 0.321 e. The topological polar surface area (TPSA) is 79.9 Å². The number of hydrogen-bond acceptors (Lipinski definition) is 5. The summed E-state index contributed by atoms with van der Waals surface area (Å²) in [4.78, 5) is 25.6. The van der Waals surface area contributed by atoms with Gasteiger partial charge in [0.05, 0.1) is 20.8 Å². The van der Waals surface area contributed by atoms with Crippen molar-refractivity contribution in [2.75, 3.05) is 33.9 Å². The first-order valence-corrected chi connectivity index (χ1v) is 8.40. The Balaban J connectivity index is 2.59. The zero-order valence-corrected chi connectivity index (χ0v) is 15.7. The first-order chi connectivity index (χ1) is 11.9. The number of rotatable bonds is 9. The summed E-state index contributed by atoms with van der Waals surface area (Å²) in [5.74, 6) is 1.31. The molecule has 0 bridgehead atoms. The lowest BCUT2D eigenvalue weighted by atomic mass is 10.2. The molecule has 2 N–H and O–H groups in total. The van der Waals surface area contributed by atoms with Crippen LogP contribution in [0.2, 0.25) is 0 Å². The maximum Gasteiger partial charge on any atom is 0.321 e. The van der Waals surface area contributed by atoms with Gasteiger partial charge in [-0.2, -0.15) is 0 Å². The molecule has 0 fully saturated rings. The molecule has 0 spiro atoms. The summed E-state index contributed by atoms with van der Waals surface area (Å²) < 4.78 is 10.5. The zero-order chi connectivity index (χ0) is 18.8. The van der Waals surface area contributed by atoms with Crippen molar-refractivity contribution in [3.8, 4) is 11.5 Å². The van der Waals surface area contributed by atoms with E-state index in [-0.39, 0.29) is 12.5 Å². The maximum absolute atomic E-state index is 12.0. The van der Waals surface area contributed by atoms with E-state index in [0.717, 1.165) is 5.56 Å². The SMILES string of the molecule is CCN(CC(=O)NC(=O)NCC(C)C)Cc1ccc(OC)c(OC)c1. The van der Waals surface area contributed by atoms with Gasteiger partial charge in [-0.25, -0.2) is 4.79 Å². The number of urea groups is 1. The molecule has 0 saturated heterocycles. The molecule has 7 heteroatoms. The van der Waals surface area contributed by atoms with E-state index in [1.165, 1.54) is 0 Å². The maximum atomic E-state index is 12.0. The van der Waals surface area contributed by atoms with Crippen LogP contribution >= 0.6 is 0 Å². The molecule has 0 atom stereocenters. The second-order valence-corrected chi connectivity index (χ2v) is 6.14. The van der Waals surface area contributed by atoms with E-state index in [9.17, 15) is 9.59 Å². The van der Waals surface area contributed by atoms with E-state index in [0.29, 0.717) is 37.1 Å². The summed E-state index contributed by atoms with van der Waals surface area (Å²) in [6, 6.07) is 5.19. The molecule has 1 rings (SSSR count). The third-order valence-corrected chi connectivity index (χ3v) is 3.59. The minimum Gasteiger partial charge on any atom is -0.493 e. The Morgan fingerprint density at radius 2 is 1.84 bits per heavy atom. The normalized spacial score (nSPS) is 10.7. The zero-order valence-electron chi connectivity index (χ0n) is 15.7. The summed E-state index contributed by atoms with van der Waals surface area (Å²) in [6.45, 7) is 7.86. The van der Waals surface area contributed by atoms with Crippen molar-refractivity contribution in [1.82, 2.24) is 15.5 Å². The van der Waals surface area contributed by atoms with Crippen molar-refractivity contribution in [2.45, 2.75) is 27.3 Å². The molecule has 3 amide bonds. The fraction of sp³-hybridized carbons (Fsp3) is 0.556. The van der Waals surface area contributed by atoms with E-state index in [4.69, 9.17) is 9.47 Å². The molecule has 0 unspecified atom stereocenters. The van der Waals surface area contributed by atoms with Gasteiger partial charge >= 0.3 is 6.03 Å². The minimum absolute atomic E-state index is 0.139. The highest BCUT2D eigenvalue weighted by Crippen LogP contribution is 2.27. The number of nitrogens with one attached hydrogen (secondary N) is 2. The highest BCUT2D eigenvalue weighted by molar-refractivity contribution is 5.95. The van der Waals surface area contributed by atoms with Gasteiger partial charge in [0.15, 0.2) is 11.5 Å². The molecule has 0 aliphatic carbocycles. The number of carbonyl (C=O) groups is 2. The second kappa shape index (κ2) is 10.6. The summed E-state index contributed by atoms with van der Waals surface area (Å²) in [6.07, 6.45) is 0. The number of amides is 3. The van der Waals surface area contributed by atoms with Gasteiger partial charge in [-0.3, -0.25) is 15.0 Å². The van der Waals surface area contributed by atoms with Crippen LogP contribution in [0.1, 0.15) is 26.3 Å². The van der Waals surface area contributed by atoms with Gasteiger partial charge < -0.3 is 14.8 Å². The lowest BCUT2D eigenvalue weighted by molar-refractivity contribution is -0.121. The minimum atomic E-state index is -0.458. The van der Waals surface area contributed by atoms with E-state index in [2.05, 4.69) is 10.6 Å². The third-order valence-electron chi connectivity index (χ3n) is 3.59. The average molecular weight is 351 g/mol. The Morgan fingerprint density at radius 1 is 1.16 bits per heavy atom. The Bertz CT molecular complexity index is 575. The monoisotopic (exact) mass is 351 g/mol. The van der Waals surface area contributed by atoms with Crippen LogP contribution in [0, 0.1) is 5.92 Å².